The highest BCUT2D eigenvalue weighted by molar-refractivity contribution is 6.35. The van der Waals surface area contributed by atoms with Gasteiger partial charge >= 0.3 is 0 Å². The summed E-state index contributed by atoms with van der Waals surface area (Å²) in [6.07, 6.45) is 0. The predicted octanol–water partition coefficient (Wildman–Crippen LogP) is 4.72. The minimum atomic E-state index is -0.513. The Morgan fingerprint density at radius 2 is 1.70 bits per heavy atom. The smallest absolute Gasteiger partial charge is 0.251 e. The SMILES string of the molecule is CC(C)(COCc1ccccc1)NC(=O)c1cc(Cl)cc(Cl)c1. The number of amides is 1. The molecular formula is C18H19Cl2NO2. The Morgan fingerprint density at radius 3 is 2.30 bits per heavy atom. The summed E-state index contributed by atoms with van der Waals surface area (Å²) in [7, 11) is 0. The Balaban J connectivity index is 1.90. The topological polar surface area (TPSA) is 38.3 Å². The van der Waals surface area contributed by atoms with Crippen LogP contribution in [0.25, 0.3) is 0 Å². The van der Waals surface area contributed by atoms with Gasteiger partial charge in [-0.2, -0.15) is 0 Å². The van der Waals surface area contributed by atoms with Gasteiger partial charge < -0.3 is 10.1 Å². The molecule has 0 bridgehead atoms. The zero-order valence-electron chi connectivity index (χ0n) is 13.1. The lowest BCUT2D eigenvalue weighted by Crippen LogP contribution is -2.47. The number of carbonyl (C=O) groups is 1. The first-order valence-corrected chi connectivity index (χ1v) is 8.02. The molecule has 0 spiro atoms. The summed E-state index contributed by atoms with van der Waals surface area (Å²) in [6, 6.07) is 14.7. The number of carbonyl (C=O) groups excluding carboxylic acids is 1. The van der Waals surface area contributed by atoms with Crippen molar-refractivity contribution in [3.8, 4) is 0 Å². The summed E-state index contributed by atoms with van der Waals surface area (Å²) in [5.41, 5.74) is 1.01. The molecule has 122 valence electrons. The fourth-order valence-corrected chi connectivity index (χ4v) is 2.62. The van der Waals surface area contributed by atoms with Crippen LogP contribution in [-0.2, 0) is 11.3 Å². The Bertz CT molecular complexity index is 652. The van der Waals surface area contributed by atoms with Gasteiger partial charge in [0.1, 0.15) is 0 Å². The van der Waals surface area contributed by atoms with E-state index < -0.39 is 5.54 Å². The van der Waals surface area contributed by atoms with Crippen molar-refractivity contribution in [2.75, 3.05) is 6.61 Å². The fourth-order valence-electron chi connectivity index (χ4n) is 2.10. The number of nitrogens with one attached hydrogen (secondary N) is 1. The van der Waals surface area contributed by atoms with Crippen molar-refractivity contribution in [2.24, 2.45) is 0 Å². The van der Waals surface area contributed by atoms with E-state index in [1.165, 1.54) is 0 Å². The average Bonchev–Trinajstić information content (AvgIpc) is 2.46. The minimum absolute atomic E-state index is 0.234. The molecule has 0 aromatic heterocycles. The third-order valence-corrected chi connectivity index (χ3v) is 3.59. The van der Waals surface area contributed by atoms with Crippen LogP contribution in [0.3, 0.4) is 0 Å². The van der Waals surface area contributed by atoms with E-state index in [0.717, 1.165) is 5.56 Å². The average molecular weight is 352 g/mol. The number of rotatable bonds is 6. The molecule has 0 aliphatic heterocycles. The number of hydrogen-bond donors (Lipinski definition) is 1. The van der Waals surface area contributed by atoms with E-state index in [2.05, 4.69) is 5.32 Å². The van der Waals surface area contributed by atoms with Crippen molar-refractivity contribution in [3.05, 3.63) is 69.7 Å². The summed E-state index contributed by atoms with van der Waals surface area (Å²) in [5, 5.41) is 3.79. The van der Waals surface area contributed by atoms with Crippen LogP contribution in [0.2, 0.25) is 10.0 Å². The van der Waals surface area contributed by atoms with Crippen LogP contribution in [0, 0.1) is 0 Å². The molecule has 3 nitrogen and oxygen atoms in total. The summed E-state index contributed by atoms with van der Waals surface area (Å²) in [5.74, 6) is -0.234. The normalized spacial score (nSPS) is 11.3. The van der Waals surface area contributed by atoms with Crippen molar-refractivity contribution in [1.82, 2.24) is 5.32 Å². The first kappa shape index (κ1) is 17.8. The number of benzene rings is 2. The molecule has 23 heavy (non-hydrogen) atoms. The third kappa shape index (κ3) is 5.87. The molecule has 0 heterocycles. The van der Waals surface area contributed by atoms with Gasteiger partial charge in [0.05, 0.1) is 18.8 Å². The van der Waals surface area contributed by atoms with E-state index in [4.69, 9.17) is 27.9 Å². The van der Waals surface area contributed by atoms with Gasteiger partial charge in [0, 0.05) is 15.6 Å². The standard InChI is InChI=1S/C18H19Cl2NO2/c1-18(2,12-23-11-13-6-4-3-5-7-13)21-17(22)14-8-15(19)10-16(20)9-14/h3-10H,11-12H2,1-2H3,(H,21,22). The lowest BCUT2D eigenvalue weighted by atomic mass is 10.1. The van der Waals surface area contributed by atoms with Crippen molar-refractivity contribution < 1.29 is 9.53 Å². The molecule has 1 amide bonds. The van der Waals surface area contributed by atoms with Crippen LogP contribution in [-0.4, -0.2) is 18.1 Å². The van der Waals surface area contributed by atoms with Crippen LogP contribution < -0.4 is 5.32 Å². The van der Waals surface area contributed by atoms with Gasteiger partial charge in [-0.25, -0.2) is 0 Å². The maximum absolute atomic E-state index is 12.3. The largest absolute Gasteiger partial charge is 0.374 e. The third-order valence-electron chi connectivity index (χ3n) is 3.15. The van der Waals surface area contributed by atoms with E-state index in [-0.39, 0.29) is 5.91 Å². The maximum atomic E-state index is 12.3. The monoisotopic (exact) mass is 351 g/mol. The highest BCUT2D eigenvalue weighted by atomic mass is 35.5. The second-order valence-corrected chi connectivity index (χ2v) is 6.85. The molecule has 1 N–H and O–H groups in total. The Morgan fingerprint density at radius 1 is 1.09 bits per heavy atom. The quantitative estimate of drug-likeness (QED) is 0.817. The Hall–Kier alpha value is -1.55. The van der Waals surface area contributed by atoms with Crippen LogP contribution in [0.4, 0.5) is 0 Å². The van der Waals surface area contributed by atoms with Gasteiger partial charge in [0.2, 0.25) is 0 Å². The van der Waals surface area contributed by atoms with Crippen LogP contribution >= 0.6 is 23.2 Å². The van der Waals surface area contributed by atoms with Crippen LogP contribution in [0.15, 0.2) is 48.5 Å². The number of hydrogen-bond acceptors (Lipinski definition) is 2. The van der Waals surface area contributed by atoms with Crippen molar-refractivity contribution in [2.45, 2.75) is 26.0 Å². The highest BCUT2D eigenvalue weighted by Gasteiger charge is 2.22. The molecular weight excluding hydrogens is 333 g/mol. The number of ether oxygens (including phenoxy) is 1. The molecule has 0 saturated carbocycles. The molecule has 0 aliphatic carbocycles. The lowest BCUT2D eigenvalue weighted by molar-refractivity contribution is 0.0617. The van der Waals surface area contributed by atoms with Gasteiger partial charge in [-0.3, -0.25) is 4.79 Å². The maximum Gasteiger partial charge on any atom is 0.251 e. The molecule has 0 fully saturated rings. The Kier molecular flexibility index (Phi) is 6.05. The number of halogens is 2. The second-order valence-electron chi connectivity index (χ2n) is 5.97. The Labute approximate surface area is 146 Å². The second kappa shape index (κ2) is 7.82. The van der Waals surface area contributed by atoms with Gasteiger partial charge in [0.25, 0.3) is 5.91 Å². The molecule has 0 radical (unpaired) electrons. The molecule has 2 aromatic carbocycles. The van der Waals surface area contributed by atoms with Gasteiger partial charge in [-0.1, -0.05) is 53.5 Å². The van der Waals surface area contributed by atoms with Crippen molar-refractivity contribution >= 4 is 29.1 Å². The first-order valence-electron chi connectivity index (χ1n) is 7.26. The fraction of sp³-hybridized carbons (Fsp3) is 0.278. The summed E-state index contributed by atoms with van der Waals surface area (Å²) in [6.45, 7) is 4.70. The highest BCUT2D eigenvalue weighted by Crippen LogP contribution is 2.19. The van der Waals surface area contributed by atoms with E-state index in [1.54, 1.807) is 18.2 Å². The van der Waals surface area contributed by atoms with E-state index in [9.17, 15) is 4.79 Å². The molecule has 0 atom stereocenters. The molecule has 2 rings (SSSR count). The van der Waals surface area contributed by atoms with E-state index in [1.807, 2.05) is 44.2 Å². The van der Waals surface area contributed by atoms with Crippen LogP contribution in [0.5, 0.6) is 0 Å². The van der Waals surface area contributed by atoms with Gasteiger partial charge in [-0.15, -0.1) is 0 Å². The predicted molar refractivity (Wildman–Crippen MR) is 94.1 cm³/mol. The molecule has 0 saturated heterocycles. The van der Waals surface area contributed by atoms with Crippen LogP contribution in [0.1, 0.15) is 29.8 Å². The zero-order chi connectivity index (χ0) is 16.9. The molecule has 0 unspecified atom stereocenters. The first-order chi connectivity index (χ1) is 10.9. The van der Waals surface area contributed by atoms with Gasteiger partial charge in [0.15, 0.2) is 0 Å². The molecule has 2 aromatic rings. The van der Waals surface area contributed by atoms with Crippen molar-refractivity contribution in [1.29, 1.82) is 0 Å². The van der Waals surface area contributed by atoms with E-state index in [0.29, 0.717) is 28.8 Å². The van der Waals surface area contributed by atoms with Gasteiger partial charge in [-0.05, 0) is 37.6 Å². The molecule has 0 aliphatic rings. The summed E-state index contributed by atoms with van der Waals surface area (Å²) in [4.78, 5) is 12.3. The summed E-state index contributed by atoms with van der Waals surface area (Å²) < 4.78 is 5.70. The zero-order valence-corrected chi connectivity index (χ0v) is 14.6. The lowest BCUT2D eigenvalue weighted by Gasteiger charge is -2.26. The van der Waals surface area contributed by atoms with E-state index >= 15 is 0 Å². The molecule has 5 heteroatoms. The van der Waals surface area contributed by atoms with Crippen molar-refractivity contribution in [3.63, 3.8) is 0 Å². The summed E-state index contributed by atoms with van der Waals surface area (Å²) >= 11 is 11.9. The minimum Gasteiger partial charge on any atom is -0.374 e.